The maximum atomic E-state index is 12.7. The van der Waals surface area contributed by atoms with E-state index in [0.29, 0.717) is 11.5 Å². The van der Waals surface area contributed by atoms with Gasteiger partial charge < -0.3 is 5.32 Å². The Morgan fingerprint density at radius 3 is 2.17 bits per heavy atom. The van der Waals surface area contributed by atoms with Crippen molar-refractivity contribution in [3.63, 3.8) is 0 Å². The standard InChI is InChI=1S/C21H31NO/c1-19(2,3)15-9-7-14(8-10-15)18(23)22-17-13-16-11-12-21(17,6)20(16,4)5/h7-10,16-17H,11-13H2,1-6H3,(H,22,23)/t16-,17-,21+/m1/s1. The molecule has 1 aromatic carbocycles. The van der Waals surface area contributed by atoms with E-state index in [1.165, 1.54) is 18.4 Å². The third-order valence-electron chi connectivity index (χ3n) is 7.11. The molecule has 2 bridgehead atoms. The summed E-state index contributed by atoms with van der Waals surface area (Å²) in [6.45, 7) is 13.7. The maximum absolute atomic E-state index is 12.7. The molecule has 0 spiro atoms. The van der Waals surface area contributed by atoms with Crippen LogP contribution >= 0.6 is 0 Å². The summed E-state index contributed by atoms with van der Waals surface area (Å²) < 4.78 is 0. The third kappa shape index (κ3) is 2.51. The fourth-order valence-electron chi connectivity index (χ4n) is 4.79. The van der Waals surface area contributed by atoms with Gasteiger partial charge in [-0.05, 0) is 59.1 Å². The first kappa shape index (κ1) is 16.5. The lowest BCUT2D eigenvalue weighted by Gasteiger charge is -2.39. The second-order valence-corrected chi connectivity index (χ2v) is 9.46. The van der Waals surface area contributed by atoms with Crippen LogP contribution in [-0.4, -0.2) is 11.9 Å². The van der Waals surface area contributed by atoms with Crippen LogP contribution in [0.3, 0.4) is 0 Å². The van der Waals surface area contributed by atoms with E-state index in [-0.39, 0.29) is 16.7 Å². The van der Waals surface area contributed by atoms with Crippen LogP contribution in [0.2, 0.25) is 0 Å². The van der Waals surface area contributed by atoms with E-state index in [4.69, 9.17) is 0 Å². The number of rotatable bonds is 2. The lowest BCUT2D eigenvalue weighted by Crippen LogP contribution is -2.46. The normalized spacial score (nSPS) is 32.1. The van der Waals surface area contributed by atoms with Crippen LogP contribution in [0.25, 0.3) is 0 Å². The van der Waals surface area contributed by atoms with Crippen molar-refractivity contribution in [1.82, 2.24) is 5.32 Å². The Balaban J connectivity index is 1.74. The van der Waals surface area contributed by atoms with Gasteiger partial charge in [-0.25, -0.2) is 0 Å². The molecule has 2 nitrogen and oxygen atoms in total. The van der Waals surface area contributed by atoms with Gasteiger partial charge in [0.2, 0.25) is 0 Å². The number of fused-ring (bicyclic) bond motifs is 2. The molecule has 2 heteroatoms. The van der Waals surface area contributed by atoms with Gasteiger partial charge in [0.25, 0.3) is 5.91 Å². The van der Waals surface area contributed by atoms with E-state index in [0.717, 1.165) is 17.9 Å². The topological polar surface area (TPSA) is 29.1 Å². The molecule has 0 unspecified atom stereocenters. The highest BCUT2D eigenvalue weighted by Gasteiger charge is 2.61. The van der Waals surface area contributed by atoms with Crippen molar-refractivity contribution in [3.05, 3.63) is 35.4 Å². The molecule has 0 heterocycles. The lowest BCUT2D eigenvalue weighted by molar-refractivity contribution is 0.0826. The van der Waals surface area contributed by atoms with Crippen LogP contribution in [0, 0.1) is 16.7 Å². The molecule has 0 saturated heterocycles. The second-order valence-electron chi connectivity index (χ2n) is 9.46. The summed E-state index contributed by atoms with van der Waals surface area (Å²) >= 11 is 0. The van der Waals surface area contributed by atoms with E-state index < -0.39 is 0 Å². The molecule has 1 aromatic rings. The van der Waals surface area contributed by atoms with Crippen LogP contribution < -0.4 is 5.32 Å². The summed E-state index contributed by atoms with van der Waals surface area (Å²) in [6.07, 6.45) is 3.68. The minimum atomic E-state index is 0.0834. The Labute approximate surface area is 141 Å². The van der Waals surface area contributed by atoms with Crippen LogP contribution in [0.1, 0.15) is 76.7 Å². The van der Waals surface area contributed by atoms with Gasteiger partial charge in [-0.1, -0.05) is 53.7 Å². The number of carbonyl (C=O) groups is 1. The molecule has 2 saturated carbocycles. The number of benzene rings is 1. The smallest absolute Gasteiger partial charge is 0.251 e. The molecule has 2 aliphatic rings. The van der Waals surface area contributed by atoms with Crippen molar-refractivity contribution >= 4 is 5.91 Å². The van der Waals surface area contributed by atoms with E-state index in [1.807, 2.05) is 12.1 Å². The zero-order valence-electron chi connectivity index (χ0n) is 15.5. The minimum Gasteiger partial charge on any atom is -0.349 e. The Bertz CT molecular complexity index is 608. The van der Waals surface area contributed by atoms with E-state index in [2.05, 4.69) is 59.0 Å². The summed E-state index contributed by atoms with van der Waals surface area (Å²) in [4.78, 5) is 12.7. The minimum absolute atomic E-state index is 0.0834. The van der Waals surface area contributed by atoms with Crippen molar-refractivity contribution in [2.45, 2.75) is 72.3 Å². The molecule has 1 N–H and O–H groups in total. The van der Waals surface area contributed by atoms with E-state index >= 15 is 0 Å². The van der Waals surface area contributed by atoms with Crippen molar-refractivity contribution in [2.75, 3.05) is 0 Å². The van der Waals surface area contributed by atoms with Crippen LogP contribution in [0.5, 0.6) is 0 Å². The average molecular weight is 313 g/mol. The highest BCUT2D eigenvalue weighted by molar-refractivity contribution is 5.94. The Hall–Kier alpha value is -1.31. The number of carbonyl (C=O) groups excluding carboxylic acids is 1. The molecule has 2 aliphatic carbocycles. The van der Waals surface area contributed by atoms with Gasteiger partial charge in [0.05, 0.1) is 0 Å². The molecule has 3 atom stereocenters. The van der Waals surface area contributed by atoms with Crippen LogP contribution in [0.15, 0.2) is 24.3 Å². The maximum Gasteiger partial charge on any atom is 0.251 e. The molecule has 1 amide bonds. The van der Waals surface area contributed by atoms with Crippen LogP contribution in [-0.2, 0) is 5.41 Å². The number of hydrogen-bond acceptors (Lipinski definition) is 1. The fourth-order valence-corrected chi connectivity index (χ4v) is 4.79. The first-order valence-corrected chi connectivity index (χ1v) is 8.97. The highest BCUT2D eigenvalue weighted by atomic mass is 16.1. The summed E-state index contributed by atoms with van der Waals surface area (Å²) in [5.74, 6) is 0.834. The molecular formula is C21H31NO. The number of nitrogens with one attached hydrogen (secondary N) is 1. The van der Waals surface area contributed by atoms with Gasteiger partial charge in [0.1, 0.15) is 0 Å². The van der Waals surface area contributed by atoms with Crippen LogP contribution in [0.4, 0.5) is 0 Å². The first-order valence-electron chi connectivity index (χ1n) is 8.97. The van der Waals surface area contributed by atoms with Gasteiger partial charge in [0.15, 0.2) is 0 Å². The van der Waals surface area contributed by atoms with Gasteiger partial charge in [0, 0.05) is 11.6 Å². The van der Waals surface area contributed by atoms with Crippen molar-refractivity contribution in [1.29, 1.82) is 0 Å². The Kier molecular flexibility index (Phi) is 3.66. The Morgan fingerprint density at radius 1 is 1.13 bits per heavy atom. The molecule has 3 rings (SSSR count). The van der Waals surface area contributed by atoms with Gasteiger partial charge in [-0.3, -0.25) is 4.79 Å². The van der Waals surface area contributed by atoms with Crippen molar-refractivity contribution < 1.29 is 4.79 Å². The highest BCUT2D eigenvalue weighted by Crippen LogP contribution is 2.65. The monoisotopic (exact) mass is 313 g/mol. The quantitative estimate of drug-likeness (QED) is 0.824. The van der Waals surface area contributed by atoms with E-state index in [9.17, 15) is 4.79 Å². The average Bonchev–Trinajstić information content (AvgIpc) is 2.80. The largest absolute Gasteiger partial charge is 0.349 e. The molecule has 0 aromatic heterocycles. The first-order chi connectivity index (χ1) is 10.6. The molecule has 0 radical (unpaired) electrons. The molecule has 0 aliphatic heterocycles. The van der Waals surface area contributed by atoms with Gasteiger partial charge >= 0.3 is 0 Å². The zero-order chi connectivity index (χ0) is 17.0. The number of hydrogen-bond donors (Lipinski definition) is 1. The summed E-state index contributed by atoms with van der Waals surface area (Å²) in [7, 11) is 0. The predicted octanol–water partition coefficient (Wildman–Crippen LogP) is 4.93. The van der Waals surface area contributed by atoms with Gasteiger partial charge in [-0.15, -0.1) is 0 Å². The summed E-state index contributed by atoms with van der Waals surface area (Å²) in [5.41, 5.74) is 2.74. The van der Waals surface area contributed by atoms with E-state index in [1.54, 1.807) is 0 Å². The Morgan fingerprint density at radius 2 is 1.74 bits per heavy atom. The fraction of sp³-hybridized carbons (Fsp3) is 0.667. The van der Waals surface area contributed by atoms with Gasteiger partial charge in [-0.2, -0.15) is 0 Å². The second kappa shape index (κ2) is 5.09. The molecule has 2 fully saturated rings. The SMILES string of the molecule is CC(C)(C)c1ccc(C(=O)N[C@@H]2C[C@H]3CC[C@]2(C)C3(C)C)cc1. The molecule has 23 heavy (non-hydrogen) atoms. The predicted molar refractivity (Wildman–Crippen MR) is 95.6 cm³/mol. The molecule has 126 valence electrons. The summed E-state index contributed by atoms with van der Waals surface area (Å²) in [6, 6.07) is 8.42. The third-order valence-corrected chi connectivity index (χ3v) is 7.11. The van der Waals surface area contributed by atoms with Crippen molar-refractivity contribution in [3.8, 4) is 0 Å². The zero-order valence-corrected chi connectivity index (χ0v) is 15.5. The summed E-state index contributed by atoms with van der Waals surface area (Å²) in [5, 5.41) is 3.34. The lowest BCUT2D eigenvalue weighted by atomic mass is 9.69. The molecular weight excluding hydrogens is 282 g/mol. The number of amides is 1. The van der Waals surface area contributed by atoms with Crippen molar-refractivity contribution in [2.24, 2.45) is 16.7 Å².